The molecule has 0 fully saturated rings. The van der Waals surface area contributed by atoms with Gasteiger partial charge in [-0.15, -0.1) is 0 Å². The quantitative estimate of drug-likeness (QED) is 0.833. The summed E-state index contributed by atoms with van der Waals surface area (Å²) in [5.41, 5.74) is 1.05. The molecule has 1 atom stereocenters. The lowest BCUT2D eigenvalue weighted by atomic mass is 10.0. The van der Waals surface area contributed by atoms with Crippen LogP contribution >= 0.6 is 0 Å². The van der Waals surface area contributed by atoms with Gasteiger partial charge in [0, 0.05) is 6.54 Å². The van der Waals surface area contributed by atoms with Crippen LogP contribution in [0.3, 0.4) is 0 Å². The number of amides is 1. The van der Waals surface area contributed by atoms with Crippen LogP contribution in [0, 0.1) is 5.82 Å². The van der Waals surface area contributed by atoms with Gasteiger partial charge in [0.25, 0.3) is 5.91 Å². The number of carbonyl (C=O) groups excluding carboxylic acids is 1. The fourth-order valence-electron chi connectivity index (χ4n) is 2.46. The van der Waals surface area contributed by atoms with E-state index in [0.717, 1.165) is 11.3 Å². The summed E-state index contributed by atoms with van der Waals surface area (Å²) < 4.78 is 19.1. The average molecular weight is 301 g/mol. The normalized spacial score (nSPS) is 11.8. The van der Waals surface area contributed by atoms with E-state index in [4.69, 9.17) is 4.74 Å². The zero-order valence-electron chi connectivity index (χ0n) is 13.0. The monoisotopic (exact) mass is 301 g/mol. The van der Waals surface area contributed by atoms with Crippen LogP contribution in [-0.2, 0) is 0 Å². The number of ether oxygens (including phenoxy) is 1. The molecule has 22 heavy (non-hydrogen) atoms. The topological polar surface area (TPSA) is 29.5 Å². The molecule has 116 valence electrons. The molecule has 0 aromatic heterocycles. The standard InChI is InChI=1S/C18H20FNO2/c1-4-20(18(21)16-10-5-6-11-17(16)19)13(2)14-8-7-9-15(12-14)22-3/h5-13H,4H2,1-3H3. The molecule has 0 saturated heterocycles. The maximum Gasteiger partial charge on any atom is 0.257 e. The summed E-state index contributed by atoms with van der Waals surface area (Å²) in [7, 11) is 1.60. The summed E-state index contributed by atoms with van der Waals surface area (Å²) in [4.78, 5) is 14.3. The summed E-state index contributed by atoms with van der Waals surface area (Å²) in [5, 5.41) is 0. The van der Waals surface area contributed by atoms with Crippen molar-refractivity contribution >= 4 is 5.91 Å². The van der Waals surface area contributed by atoms with Gasteiger partial charge in [-0.25, -0.2) is 4.39 Å². The molecule has 0 spiro atoms. The van der Waals surface area contributed by atoms with E-state index in [1.807, 2.05) is 38.1 Å². The third-order valence-corrected chi connectivity index (χ3v) is 3.75. The first-order valence-electron chi connectivity index (χ1n) is 7.28. The number of carbonyl (C=O) groups is 1. The molecule has 2 rings (SSSR count). The van der Waals surface area contributed by atoms with Gasteiger partial charge in [0.1, 0.15) is 11.6 Å². The van der Waals surface area contributed by atoms with Crippen molar-refractivity contribution in [1.29, 1.82) is 0 Å². The van der Waals surface area contributed by atoms with Crippen molar-refractivity contribution in [3.05, 3.63) is 65.5 Å². The second kappa shape index (κ2) is 7.07. The molecule has 0 bridgehead atoms. The van der Waals surface area contributed by atoms with Gasteiger partial charge in [-0.2, -0.15) is 0 Å². The summed E-state index contributed by atoms with van der Waals surface area (Å²) in [6.45, 7) is 4.30. The lowest BCUT2D eigenvalue weighted by Crippen LogP contribution is -2.34. The molecule has 1 unspecified atom stereocenters. The number of hydrogen-bond donors (Lipinski definition) is 0. The van der Waals surface area contributed by atoms with Crippen molar-refractivity contribution in [1.82, 2.24) is 4.90 Å². The number of rotatable bonds is 5. The number of benzene rings is 2. The number of halogens is 1. The minimum absolute atomic E-state index is 0.0964. The Hall–Kier alpha value is -2.36. The van der Waals surface area contributed by atoms with Crippen molar-refractivity contribution in [3.63, 3.8) is 0 Å². The molecule has 0 aliphatic rings. The Morgan fingerprint density at radius 2 is 1.95 bits per heavy atom. The van der Waals surface area contributed by atoms with E-state index in [1.165, 1.54) is 12.1 Å². The van der Waals surface area contributed by atoms with E-state index in [1.54, 1.807) is 24.1 Å². The zero-order chi connectivity index (χ0) is 16.1. The van der Waals surface area contributed by atoms with Crippen LogP contribution in [0.4, 0.5) is 4.39 Å². The molecule has 0 saturated carbocycles. The van der Waals surface area contributed by atoms with Crippen molar-refractivity contribution in [2.24, 2.45) is 0 Å². The SMILES string of the molecule is CCN(C(=O)c1ccccc1F)C(C)c1cccc(OC)c1. The van der Waals surface area contributed by atoms with E-state index in [2.05, 4.69) is 0 Å². The average Bonchev–Trinajstić information content (AvgIpc) is 2.55. The minimum atomic E-state index is -0.496. The third kappa shape index (κ3) is 3.27. The molecular weight excluding hydrogens is 281 g/mol. The largest absolute Gasteiger partial charge is 0.497 e. The zero-order valence-corrected chi connectivity index (χ0v) is 13.0. The minimum Gasteiger partial charge on any atom is -0.497 e. The first kappa shape index (κ1) is 16.0. The highest BCUT2D eigenvalue weighted by Crippen LogP contribution is 2.25. The molecule has 0 heterocycles. The summed E-state index contributed by atoms with van der Waals surface area (Å²) in [5.74, 6) is -0.0709. The van der Waals surface area contributed by atoms with Crippen LogP contribution in [0.25, 0.3) is 0 Å². The molecule has 2 aromatic carbocycles. The molecule has 2 aromatic rings. The van der Waals surface area contributed by atoms with Gasteiger partial charge in [0.05, 0.1) is 18.7 Å². The number of hydrogen-bond acceptors (Lipinski definition) is 2. The highest BCUT2D eigenvalue weighted by molar-refractivity contribution is 5.94. The Bertz CT molecular complexity index is 657. The smallest absolute Gasteiger partial charge is 0.257 e. The third-order valence-electron chi connectivity index (χ3n) is 3.75. The summed E-state index contributed by atoms with van der Waals surface area (Å²) in [6, 6.07) is 13.4. The maximum absolute atomic E-state index is 13.9. The lowest BCUT2D eigenvalue weighted by Gasteiger charge is -2.29. The van der Waals surface area contributed by atoms with E-state index < -0.39 is 5.82 Å². The first-order chi connectivity index (χ1) is 10.6. The highest BCUT2D eigenvalue weighted by Gasteiger charge is 2.23. The summed E-state index contributed by atoms with van der Waals surface area (Å²) in [6.07, 6.45) is 0. The molecular formula is C18H20FNO2. The highest BCUT2D eigenvalue weighted by atomic mass is 19.1. The maximum atomic E-state index is 13.9. The van der Waals surface area contributed by atoms with E-state index in [0.29, 0.717) is 6.54 Å². The van der Waals surface area contributed by atoms with Gasteiger partial charge in [-0.1, -0.05) is 24.3 Å². The van der Waals surface area contributed by atoms with Crippen LogP contribution in [0.5, 0.6) is 5.75 Å². The fraction of sp³-hybridized carbons (Fsp3) is 0.278. The Kier molecular flexibility index (Phi) is 5.15. The van der Waals surface area contributed by atoms with Gasteiger partial charge in [-0.05, 0) is 43.7 Å². The molecule has 0 radical (unpaired) electrons. The van der Waals surface area contributed by atoms with E-state index in [-0.39, 0.29) is 17.5 Å². The molecule has 3 nitrogen and oxygen atoms in total. The van der Waals surface area contributed by atoms with Crippen LogP contribution in [0.2, 0.25) is 0 Å². The Labute approximate surface area is 130 Å². The Balaban J connectivity index is 2.30. The first-order valence-corrected chi connectivity index (χ1v) is 7.28. The van der Waals surface area contributed by atoms with Gasteiger partial charge >= 0.3 is 0 Å². The molecule has 0 N–H and O–H groups in total. The Morgan fingerprint density at radius 1 is 1.23 bits per heavy atom. The van der Waals surface area contributed by atoms with Crippen molar-refractivity contribution in [2.75, 3.05) is 13.7 Å². The van der Waals surface area contributed by atoms with Crippen LogP contribution < -0.4 is 4.74 Å². The van der Waals surface area contributed by atoms with Crippen molar-refractivity contribution < 1.29 is 13.9 Å². The number of nitrogens with zero attached hydrogens (tertiary/aromatic N) is 1. The van der Waals surface area contributed by atoms with Crippen LogP contribution in [0.1, 0.15) is 35.8 Å². The van der Waals surface area contributed by atoms with Crippen LogP contribution in [0.15, 0.2) is 48.5 Å². The van der Waals surface area contributed by atoms with Crippen molar-refractivity contribution in [2.45, 2.75) is 19.9 Å². The Morgan fingerprint density at radius 3 is 2.59 bits per heavy atom. The van der Waals surface area contributed by atoms with Gasteiger partial charge in [-0.3, -0.25) is 4.79 Å². The molecule has 1 amide bonds. The molecule has 0 aliphatic carbocycles. The second-order valence-corrected chi connectivity index (χ2v) is 5.02. The van der Waals surface area contributed by atoms with E-state index >= 15 is 0 Å². The molecule has 4 heteroatoms. The predicted molar refractivity (Wildman–Crippen MR) is 84.5 cm³/mol. The van der Waals surface area contributed by atoms with Crippen LogP contribution in [-0.4, -0.2) is 24.5 Å². The molecule has 0 aliphatic heterocycles. The van der Waals surface area contributed by atoms with E-state index in [9.17, 15) is 9.18 Å². The second-order valence-electron chi connectivity index (χ2n) is 5.02. The fourth-order valence-corrected chi connectivity index (χ4v) is 2.46. The predicted octanol–water partition coefficient (Wildman–Crippen LogP) is 4.06. The number of methoxy groups -OCH3 is 1. The summed E-state index contributed by atoms with van der Waals surface area (Å²) >= 11 is 0. The van der Waals surface area contributed by atoms with Gasteiger partial charge in [0.2, 0.25) is 0 Å². The lowest BCUT2D eigenvalue weighted by molar-refractivity contribution is 0.0697. The van der Waals surface area contributed by atoms with Crippen molar-refractivity contribution in [3.8, 4) is 5.75 Å². The van der Waals surface area contributed by atoms with Gasteiger partial charge in [0.15, 0.2) is 0 Å². The van der Waals surface area contributed by atoms with Gasteiger partial charge < -0.3 is 9.64 Å².